The zero-order valence-electron chi connectivity index (χ0n) is 15.9. The lowest BCUT2D eigenvalue weighted by Gasteiger charge is -2.41. The van der Waals surface area contributed by atoms with E-state index in [1.807, 2.05) is 18.3 Å². The standard InChI is InChI=1S/C22H25N5O/c28-19(10-15-11-23-18-5-2-1-4-16(15)18)27-12-17(22(13-27)8-3-9-22)21-24-20(25-26-21)14-6-7-14/h1-2,4-5,11,14,17,23H,3,6-10,12-13H2,(H,24,25,26). The van der Waals surface area contributed by atoms with E-state index in [-0.39, 0.29) is 11.3 Å². The molecule has 2 aliphatic carbocycles. The van der Waals surface area contributed by atoms with Crippen LogP contribution in [0.15, 0.2) is 30.5 Å². The Morgan fingerprint density at radius 3 is 2.89 bits per heavy atom. The quantitative estimate of drug-likeness (QED) is 0.733. The summed E-state index contributed by atoms with van der Waals surface area (Å²) in [5.74, 6) is 3.06. The summed E-state index contributed by atoms with van der Waals surface area (Å²) in [5, 5.41) is 8.83. The second-order valence-electron chi connectivity index (χ2n) is 8.93. The smallest absolute Gasteiger partial charge is 0.227 e. The molecule has 6 rings (SSSR count). The second-order valence-corrected chi connectivity index (χ2v) is 8.93. The molecule has 3 heterocycles. The number of aromatic nitrogens is 4. The van der Waals surface area contributed by atoms with Crippen LogP contribution in [-0.4, -0.2) is 44.1 Å². The molecule has 1 amide bonds. The molecule has 2 saturated carbocycles. The molecule has 1 spiro atoms. The number of likely N-dealkylation sites (tertiary alicyclic amines) is 1. The number of benzene rings is 1. The van der Waals surface area contributed by atoms with E-state index in [2.05, 4.69) is 32.2 Å². The van der Waals surface area contributed by atoms with Gasteiger partial charge in [-0.1, -0.05) is 24.6 Å². The number of hydrogen-bond acceptors (Lipinski definition) is 3. The molecule has 1 aliphatic heterocycles. The zero-order valence-corrected chi connectivity index (χ0v) is 15.9. The minimum absolute atomic E-state index is 0.205. The predicted octanol–water partition coefficient (Wildman–Crippen LogP) is 3.50. The maximum atomic E-state index is 13.2. The van der Waals surface area contributed by atoms with Crippen molar-refractivity contribution in [3.8, 4) is 0 Å². The molecule has 3 fully saturated rings. The fourth-order valence-electron chi connectivity index (χ4n) is 5.19. The number of para-hydroxylation sites is 1. The summed E-state index contributed by atoms with van der Waals surface area (Å²) in [5.41, 5.74) is 2.38. The van der Waals surface area contributed by atoms with E-state index >= 15 is 0 Å². The van der Waals surface area contributed by atoms with Gasteiger partial charge in [0.1, 0.15) is 5.82 Å². The first-order valence-electron chi connectivity index (χ1n) is 10.5. The Kier molecular flexibility index (Phi) is 3.46. The van der Waals surface area contributed by atoms with Crippen molar-refractivity contribution >= 4 is 16.8 Å². The van der Waals surface area contributed by atoms with Crippen LogP contribution < -0.4 is 0 Å². The number of hydrogen-bond donors (Lipinski definition) is 2. The molecule has 0 bridgehead atoms. The minimum atomic E-state index is 0.205. The van der Waals surface area contributed by atoms with Crippen LogP contribution in [-0.2, 0) is 11.2 Å². The van der Waals surface area contributed by atoms with Crippen LogP contribution in [0.1, 0.15) is 61.2 Å². The maximum absolute atomic E-state index is 13.2. The SMILES string of the molecule is O=C(Cc1c[nH]c2ccccc12)N1CC(c2nc(C3CC3)n[nH]2)C2(CCC2)C1. The lowest BCUT2D eigenvalue weighted by Crippen LogP contribution is -2.38. The third kappa shape index (κ3) is 2.50. The number of aromatic amines is 2. The number of amides is 1. The minimum Gasteiger partial charge on any atom is -0.361 e. The van der Waals surface area contributed by atoms with Gasteiger partial charge < -0.3 is 9.88 Å². The zero-order chi connectivity index (χ0) is 18.7. The van der Waals surface area contributed by atoms with Crippen molar-refractivity contribution in [3.05, 3.63) is 47.7 Å². The van der Waals surface area contributed by atoms with Gasteiger partial charge in [-0.05, 0) is 42.7 Å². The van der Waals surface area contributed by atoms with Crippen LogP contribution in [0.25, 0.3) is 10.9 Å². The van der Waals surface area contributed by atoms with Gasteiger partial charge in [-0.3, -0.25) is 9.89 Å². The lowest BCUT2D eigenvalue weighted by atomic mass is 9.62. The first kappa shape index (κ1) is 16.3. The number of rotatable bonds is 4. The van der Waals surface area contributed by atoms with Crippen molar-refractivity contribution in [3.63, 3.8) is 0 Å². The van der Waals surface area contributed by atoms with Crippen LogP contribution in [0, 0.1) is 5.41 Å². The fraction of sp³-hybridized carbons (Fsp3) is 0.500. The average molecular weight is 375 g/mol. The number of nitrogens with one attached hydrogen (secondary N) is 2. The highest BCUT2D eigenvalue weighted by Gasteiger charge is 2.53. The van der Waals surface area contributed by atoms with Gasteiger partial charge in [-0.25, -0.2) is 4.98 Å². The van der Waals surface area contributed by atoms with Crippen LogP contribution in [0.4, 0.5) is 0 Å². The van der Waals surface area contributed by atoms with Crippen LogP contribution in [0.5, 0.6) is 0 Å². The Morgan fingerprint density at radius 1 is 1.25 bits per heavy atom. The molecule has 6 nitrogen and oxygen atoms in total. The highest BCUT2D eigenvalue weighted by Crippen LogP contribution is 2.55. The van der Waals surface area contributed by atoms with Gasteiger partial charge in [0.2, 0.25) is 5.91 Å². The Morgan fingerprint density at radius 2 is 2.11 bits per heavy atom. The van der Waals surface area contributed by atoms with Gasteiger partial charge in [0.25, 0.3) is 0 Å². The molecule has 1 unspecified atom stereocenters. The molecule has 2 aromatic heterocycles. The van der Waals surface area contributed by atoms with Crippen molar-refractivity contribution in [2.75, 3.05) is 13.1 Å². The molecule has 0 radical (unpaired) electrons. The van der Waals surface area contributed by atoms with E-state index in [0.717, 1.165) is 41.2 Å². The summed E-state index contributed by atoms with van der Waals surface area (Å²) in [6.07, 6.45) is 8.49. The summed E-state index contributed by atoms with van der Waals surface area (Å²) in [6, 6.07) is 8.19. The van der Waals surface area contributed by atoms with Crippen molar-refractivity contribution in [2.45, 2.75) is 50.4 Å². The molecular weight excluding hydrogens is 350 g/mol. The maximum Gasteiger partial charge on any atom is 0.227 e. The van der Waals surface area contributed by atoms with Crippen molar-refractivity contribution in [1.82, 2.24) is 25.1 Å². The normalized spacial score (nSPS) is 23.4. The van der Waals surface area contributed by atoms with Crippen molar-refractivity contribution < 1.29 is 4.79 Å². The van der Waals surface area contributed by atoms with E-state index in [0.29, 0.717) is 18.3 Å². The highest BCUT2D eigenvalue weighted by atomic mass is 16.2. The Balaban J connectivity index is 1.23. The molecule has 3 aliphatic rings. The molecule has 28 heavy (non-hydrogen) atoms. The summed E-state index contributed by atoms with van der Waals surface area (Å²) in [6.45, 7) is 1.62. The van der Waals surface area contributed by atoms with Crippen molar-refractivity contribution in [1.29, 1.82) is 0 Å². The van der Waals surface area contributed by atoms with Crippen LogP contribution >= 0.6 is 0 Å². The molecular formula is C22H25N5O. The Bertz CT molecular complexity index is 1040. The predicted molar refractivity (Wildman–Crippen MR) is 106 cm³/mol. The summed E-state index contributed by atoms with van der Waals surface area (Å²) in [7, 11) is 0. The van der Waals surface area contributed by atoms with Gasteiger partial charge >= 0.3 is 0 Å². The number of carbonyl (C=O) groups excluding carboxylic acids is 1. The van der Waals surface area contributed by atoms with E-state index in [4.69, 9.17) is 4.98 Å². The summed E-state index contributed by atoms with van der Waals surface area (Å²) in [4.78, 5) is 23.3. The first-order valence-corrected chi connectivity index (χ1v) is 10.5. The molecule has 1 saturated heterocycles. The first-order chi connectivity index (χ1) is 13.7. The van der Waals surface area contributed by atoms with Crippen molar-refractivity contribution in [2.24, 2.45) is 5.41 Å². The monoisotopic (exact) mass is 375 g/mol. The van der Waals surface area contributed by atoms with Gasteiger partial charge in [0.05, 0.1) is 6.42 Å². The largest absolute Gasteiger partial charge is 0.361 e. The van der Waals surface area contributed by atoms with E-state index in [1.54, 1.807) is 0 Å². The van der Waals surface area contributed by atoms with Crippen LogP contribution in [0.3, 0.4) is 0 Å². The van der Waals surface area contributed by atoms with Gasteiger partial charge in [0, 0.05) is 42.0 Å². The molecule has 144 valence electrons. The lowest BCUT2D eigenvalue weighted by molar-refractivity contribution is -0.130. The molecule has 6 heteroatoms. The van der Waals surface area contributed by atoms with E-state index in [9.17, 15) is 4.79 Å². The van der Waals surface area contributed by atoms with Crippen LogP contribution in [0.2, 0.25) is 0 Å². The summed E-state index contributed by atoms with van der Waals surface area (Å²) >= 11 is 0. The van der Waals surface area contributed by atoms with E-state index in [1.165, 1.54) is 32.1 Å². The number of nitrogens with zero attached hydrogens (tertiary/aromatic N) is 3. The highest BCUT2D eigenvalue weighted by molar-refractivity contribution is 5.89. The molecule has 1 aromatic carbocycles. The van der Waals surface area contributed by atoms with E-state index < -0.39 is 0 Å². The van der Waals surface area contributed by atoms with Gasteiger partial charge in [-0.2, -0.15) is 5.10 Å². The third-order valence-corrected chi connectivity index (χ3v) is 7.16. The topological polar surface area (TPSA) is 77.7 Å². The molecule has 2 N–H and O–H groups in total. The average Bonchev–Trinajstić information content (AvgIpc) is 3.12. The second kappa shape index (κ2) is 5.93. The Labute approximate surface area is 163 Å². The van der Waals surface area contributed by atoms with Gasteiger partial charge in [0.15, 0.2) is 5.82 Å². The summed E-state index contributed by atoms with van der Waals surface area (Å²) < 4.78 is 0. The number of carbonyl (C=O) groups is 1. The number of fused-ring (bicyclic) bond motifs is 1. The molecule has 1 atom stereocenters. The van der Waals surface area contributed by atoms with Gasteiger partial charge in [-0.15, -0.1) is 0 Å². The number of H-pyrrole nitrogens is 2. The Hall–Kier alpha value is -2.63. The third-order valence-electron chi connectivity index (χ3n) is 7.16. The fourth-order valence-corrected chi connectivity index (χ4v) is 5.19. The molecule has 3 aromatic rings.